The first-order chi connectivity index (χ1) is 9.31. The Labute approximate surface area is 112 Å². The number of aromatic hydroxyl groups is 1. The molecule has 19 heavy (non-hydrogen) atoms. The third-order valence-electron chi connectivity index (χ3n) is 3.64. The van der Waals surface area contributed by atoms with Crippen LogP contribution in [0.4, 0.5) is 0 Å². The minimum Gasteiger partial charge on any atom is -0.507 e. The maximum atomic E-state index is 10.2. The van der Waals surface area contributed by atoms with Crippen molar-refractivity contribution in [3.63, 3.8) is 0 Å². The number of nitrogens with zero attached hydrogens (tertiary/aromatic N) is 1. The summed E-state index contributed by atoms with van der Waals surface area (Å²) in [5.74, 6) is 0.273. The number of rotatable bonds is 2. The molecule has 1 atom stereocenters. The van der Waals surface area contributed by atoms with Crippen molar-refractivity contribution >= 4 is 16.5 Å². The molecule has 0 saturated carbocycles. The summed E-state index contributed by atoms with van der Waals surface area (Å²) >= 11 is 0. The van der Waals surface area contributed by atoms with Gasteiger partial charge in [-0.1, -0.05) is 30.3 Å². The predicted molar refractivity (Wildman–Crippen MR) is 77.0 cm³/mol. The number of hydrogen-bond acceptors (Lipinski definition) is 3. The van der Waals surface area contributed by atoms with E-state index >= 15 is 0 Å². The molecule has 1 heterocycles. The highest BCUT2D eigenvalue weighted by molar-refractivity contribution is 6.15. The Morgan fingerprint density at radius 1 is 1.26 bits per heavy atom. The molecule has 0 radical (unpaired) electrons. The molecule has 0 aromatic heterocycles. The molecule has 0 amide bonds. The van der Waals surface area contributed by atoms with E-state index in [1.165, 1.54) is 0 Å². The van der Waals surface area contributed by atoms with E-state index in [0.29, 0.717) is 0 Å². The highest BCUT2D eigenvalue weighted by Gasteiger charge is 2.25. The van der Waals surface area contributed by atoms with Crippen molar-refractivity contribution < 1.29 is 9.84 Å². The van der Waals surface area contributed by atoms with E-state index in [9.17, 15) is 5.11 Å². The summed E-state index contributed by atoms with van der Waals surface area (Å²) in [6.45, 7) is 0.773. The summed E-state index contributed by atoms with van der Waals surface area (Å²) in [4.78, 5) is 4.38. The van der Waals surface area contributed by atoms with Crippen LogP contribution in [-0.2, 0) is 4.74 Å². The molecule has 98 valence electrons. The Morgan fingerprint density at radius 3 is 2.84 bits per heavy atom. The van der Waals surface area contributed by atoms with Gasteiger partial charge in [0.2, 0.25) is 0 Å². The van der Waals surface area contributed by atoms with Crippen molar-refractivity contribution in [1.82, 2.24) is 0 Å². The van der Waals surface area contributed by atoms with Crippen LogP contribution < -0.4 is 0 Å². The number of fused-ring (bicyclic) bond motifs is 1. The van der Waals surface area contributed by atoms with Crippen molar-refractivity contribution in [3.05, 3.63) is 42.0 Å². The Kier molecular flexibility index (Phi) is 3.22. The van der Waals surface area contributed by atoms with E-state index in [1.807, 2.05) is 30.3 Å². The predicted octanol–water partition coefficient (Wildman–Crippen LogP) is 3.14. The van der Waals surface area contributed by atoms with Gasteiger partial charge < -0.3 is 9.84 Å². The number of phenols is 1. The summed E-state index contributed by atoms with van der Waals surface area (Å²) < 4.78 is 5.72. The van der Waals surface area contributed by atoms with Crippen LogP contribution in [0.5, 0.6) is 5.75 Å². The van der Waals surface area contributed by atoms with Gasteiger partial charge >= 0.3 is 0 Å². The summed E-state index contributed by atoms with van der Waals surface area (Å²) in [7, 11) is 1.76. The fraction of sp³-hybridized carbons (Fsp3) is 0.312. The maximum absolute atomic E-state index is 10.2. The number of aliphatic imine (C=N–C) groups is 1. The van der Waals surface area contributed by atoms with Gasteiger partial charge in [-0.15, -0.1) is 0 Å². The molecule has 0 aliphatic carbocycles. The average molecular weight is 255 g/mol. The van der Waals surface area contributed by atoms with Crippen LogP contribution >= 0.6 is 0 Å². The first kappa shape index (κ1) is 12.2. The van der Waals surface area contributed by atoms with E-state index in [2.05, 4.69) is 4.99 Å². The van der Waals surface area contributed by atoms with Crippen LogP contribution in [0.1, 0.15) is 18.4 Å². The van der Waals surface area contributed by atoms with Crippen LogP contribution in [0.15, 0.2) is 41.4 Å². The second-order valence-corrected chi connectivity index (χ2v) is 4.79. The SMILES string of the molecule is CN=C(c1c(O)ccc2ccccc12)C1CCCO1. The van der Waals surface area contributed by atoms with Crippen LogP contribution in [0.2, 0.25) is 0 Å². The third kappa shape index (κ3) is 2.10. The second kappa shape index (κ2) is 5.02. The zero-order chi connectivity index (χ0) is 13.2. The number of ether oxygens (including phenoxy) is 1. The van der Waals surface area contributed by atoms with Crippen LogP contribution in [0, 0.1) is 0 Å². The van der Waals surface area contributed by atoms with E-state index < -0.39 is 0 Å². The molecule has 2 aromatic rings. The Hall–Kier alpha value is -1.87. The smallest absolute Gasteiger partial charge is 0.125 e. The Bertz CT molecular complexity index is 628. The zero-order valence-electron chi connectivity index (χ0n) is 11.0. The van der Waals surface area contributed by atoms with Gasteiger partial charge in [-0.3, -0.25) is 4.99 Å². The molecule has 1 aliphatic heterocycles. The van der Waals surface area contributed by atoms with Gasteiger partial charge in [-0.2, -0.15) is 0 Å². The normalized spacial score (nSPS) is 20.1. The fourth-order valence-electron chi connectivity index (χ4n) is 2.74. The second-order valence-electron chi connectivity index (χ2n) is 4.79. The number of benzene rings is 2. The minimum atomic E-state index is 0.00158. The number of hydrogen-bond donors (Lipinski definition) is 1. The highest BCUT2D eigenvalue weighted by atomic mass is 16.5. The molecule has 0 spiro atoms. The van der Waals surface area contributed by atoms with Crippen LogP contribution in [0.25, 0.3) is 10.8 Å². The molecule has 1 fully saturated rings. The molecule has 0 bridgehead atoms. The van der Waals surface area contributed by atoms with Crippen molar-refractivity contribution in [2.45, 2.75) is 18.9 Å². The maximum Gasteiger partial charge on any atom is 0.125 e. The van der Waals surface area contributed by atoms with E-state index in [0.717, 1.165) is 41.5 Å². The van der Waals surface area contributed by atoms with Gasteiger partial charge in [-0.25, -0.2) is 0 Å². The Balaban J connectivity index is 2.19. The average Bonchev–Trinajstić information content (AvgIpc) is 2.96. The summed E-state index contributed by atoms with van der Waals surface area (Å²) in [5, 5.41) is 12.4. The fourth-order valence-corrected chi connectivity index (χ4v) is 2.74. The molecule has 1 unspecified atom stereocenters. The van der Waals surface area contributed by atoms with Gasteiger partial charge in [0.1, 0.15) is 5.75 Å². The van der Waals surface area contributed by atoms with Crippen molar-refractivity contribution in [2.75, 3.05) is 13.7 Å². The molecular formula is C16H17NO2. The van der Waals surface area contributed by atoms with Crippen molar-refractivity contribution in [2.24, 2.45) is 4.99 Å². The third-order valence-corrected chi connectivity index (χ3v) is 3.64. The quantitative estimate of drug-likeness (QED) is 0.838. The van der Waals surface area contributed by atoms with Gasteiger partial charge in [0, 0.05) is 19.2 Å². The van der Waals surface area contributed by atoms with Crippen molar-refractivity contribution in [3.8, 4) is 5.75 Å². The summed E-state index contributed by atoms with van der Waals surface area (Å²) in [5.41, 5.74) is 1.67. The van der Waals surface area contributed by atoms with E-state index in [-0.39, 0.29) is 11.9 Å². The lowest BCUT2D eigenvalue weighted by Crippen LogP contribution is -2.21. The molecular weight excluding hydrogens is 238 g/mol. The van der Waals surface area contributed by atoms with E-state index in [4.69, 9.17) is 4.74 Å². The molecule has 3 nitrogen and oxygen atoms in total. The molecule has 1 aliphatic rings. The molecule has 1 saturated heterocycles. The standard InChI is InChI=1S/C16H17NO2/c1-17-16(14-7-4-10-19-14)15-12-6-3-2-5-11(12)8-9-13(15)18/h2-3,5-6,8-9,14,18H,4,7,10H2,1H3. The lowest BCUT2D eigenvalue weighted by atomic mass is 9.96. The van der Waals surface area contributed by atoms with Crippen molar-refractivity contribution in [1.29, 1.82) is 0 Å². The monoisotopic (exact) mass is 255 g/mol. The van der Waals surface area contributed by atoms with E-state index in [1.54, 1.807) is 13.1 Å². The molecule has 2 aromatic carbocycles. The van der Waals surface area contributed by atoms with Gasteiger partial charge in [-0.05, 0) is 29.7 Å². The highest BCUT2D eigenvalue weighted by Crippen LogP contribution is 2.31. The molecule has 3 heteroatoms. The molecule has 1 N–H and O–H groups in total. The largest absolute Gasteiger partial charge is 0.507 e. The van der Waals surface area contributed by atoms with Crippen LogP contribution in [0.3, 0.4) is 0 Å². The lowest BCUT2D eigenvalue weighted by molar-refractivity contribution is 0.158. The summed E-state index contributed by atoms with van der Waals surface area (Å²) in [6.07, 6.45) is 2.02. The molecule has 3 rings (SSSR count). The first-order valence-corrected chi connectivity index (χ1v) is 6.60. The minimum absolute atomic E-state index is 0.00158. The Morgan fingerprint density at radius 2 is 2.11 bits per heavy atom. The van der Waals surface area contributed by atoms with Gasteiger partial charge in [0.15, 0.2) is 0 Å². The first-order valence-electron chi connectivity index (χ1n) is 6.60. The van der Waals surface area contributed by atoms with Gasteiger partial charge in [0.05, 0.1) is 11.8 Å². The topological polar surface area (TPSA) is 41.8 Å². The van der Waals surface area contributed by atoms with Crippen LogP contribution in [-0.4, -0.2) is 30.6 Å². The van der Waals surface area contributed by atoms with Gasteiger partial charge in [0.25, 0.3) is 0 Å². The summed E-state index contributed by atoms with van der Waals surface area (Å²) in [6, 6.07) is 11.7. The number of phenolic OH excluding ortho intramolecular Hbond substituents is 1. The lowest BCUT2D eigenvalue weighted by Gasteiger charge is -2.16. The zero-order valence-corrected chi connectivity index (χ0v) is 11.0.